The average molecular weight is 277 g/mol. The maximum absolute atomic E-state index is 13.6. The van der Waals surface area contributed by atoms with Gasteiger partial charge in [0.1, 0.15) is 24.0 Å². The summed E-state index contributed by atoms with van der Waals surface area (Å²) in [6, 6.07) is 8.49. The molecule has 0 aliphatic rings. The molecule has 2 N–H and O–H groups in total. The lowest BCUT2D eigenvalue weighted by Crippen LogP contribution is -2.22. The summed E-state index contributed by atoms with van der Waals surface area (Å²) in [5.74, 6) is -0.624. The monoisotopic (exact) mass is 277 g/mol. The molecule has 0 aliphatic heterocycles. The standard InChI is InChI=1S/C16H17F2NO/c1-10-5-3-8-15(11(10)2)20-9-14(19)16-12(17)6-4-7-13(16)18/h3-8,14H,9,19H2,1-2H3. The van der Waals surface area contributed by atoms with Gasteiger partial charge in [-0.2, -0.15) is 0 Å². The molecule has 2 rings (SSSR count). The number of halogens is 2. The molecule has 106 valence electrons. The van der Waals surface area contributed by atoms with E-state index in [1.54, 1.807) is 0 Å². The summed E-state index contributed by atoms with van der Waals surface area (Å²) in [4.78, 5) is 0. The molecule has 4 heteroatoms. The van der Waals surface area contributed by atoms with Crippen LogP contribution in [0.5, 0.6) is 5.75 Å². The third kappa shape index (κ3) is 2.96. The Morgan fingerprint density at radius 1 is 1.05 bits per heavy atom. The molecular formula is C16H17F2NO. The highest BCUT2D eigenvalue weighted by atomic mass is 19.1. The van der Waals surface area contributed by atoms with Crippen molar-refractivity contribution in [3.63, 3.8) is 0 Å². The second kappa shape index (κ2) is 6.01. The Hall–Kier alpha value is -1.94. The zero-order valence-electron chi connectivity index (χ0n) is 11.5. The van der Waals surface area contributed by atoms with Crippen LogP contribution in [0.3, 0.4) is 0 Å². The van der Waals surface area contributed by atoms with Gasteiger partial charge in [0.15, 0.2) is 0 Å². The predicted octanol–water partition coefficient (Wildman–Crippen LogP) is 3.66. The highest BCUT2D eigenvalue weighted by molar-refractivity contribution is 5.38. The minimum Gasteiger partial charge on any atom is -0.491 e. The Balaban J connectivity index is 2.13. The second-order valence-electron chi connectivity index (χ2n) is 4.75. The Kier molecular flexibility index (Phi) is 4.35. The first-order chi connectivity index (χ1) is 9.50. The molecule has 0 radical (unpaired) electrons. The van der Waals surface area contributed by atoms with E-state index in [-0.39, 0.29) is 12.2 Å². The van der Waals surface area contributed by atoms with Crippen molar-refractivity contribution >= 4 is 0 Å². The fourth-order valence-electron chi connectivity index (χ4n) is 2.01. The molecule has 2 nitrogen and oxygen atoms in total. The Morgan fingerprint density at radius 2 is 1.65 bits per heavy atom. The van der Waals surface area contributed by atoms with Crippen LogP contribution in [0.15, 0.2) is 36.4 Å². The van der Waals surface area contributed by atoms with Gasteiger partial charge in [-0.1, -0.05) is 18.2 Å². The van der Waals surface area contributed by atoms with Gasteiger partial charge in [0, 0.05) is 5.56 Å². The van der Waals surface area contributed by atoms with Crippen molar-refractivity contribution in [2.24, 2.45) is 5.73 Å². The number of hydrogen-bond donors (Lipinski definition) is 1. The van der Waals surface area contributed by atoms with Crippen molar-refractivity contribution in [2.75, 3.05) is 6.61 Å². The van der Waals surface area contributed by atoms with Crippen LogP contribution in [0.1, 0.15) is 22.7 Å². The van der Waals surface area contributed by atoms with E-state index in [0.717, 1.165) is 11.1 Å². The Bertz CT molecular complexity index is 593. The summed E-state index contributed by atoms with van der Waals surface area (Å²) in [6.45, 7) is 3.92. The van der Waals surface area contributed by atoms with Crippen LogP contribution in [-0.2, 0) is 0 Å². The molecular weight excluding hydrogens is 260 g/mol. The number of rotatable bonds is 4. The lowest BCUT2D eigenvalue weighted by Gasteiger charge is -2.16. The smallest absolute Gasteiger partial charge is 0.131 e. The van der Waals surface area contributed by atoms with Crippen molar-refractivity contribution < 1.29 is 13.5 Å². The minimum absolute atomic E-state index is 0.0160. The molecule has 20 heavy (non-hydrogen) atoms. The van der Waals surface area contributed by atoms with Gasteiger partial charge in [0.25, 0.3) is 0 Å². The summed E-state index contributed by atoms with van der Waals surface area (Å²) in [5.41, 5.74) is 7.77. The van der Waals surface area contributed by atoms with Crippen LogP contribution in [0, 0.1) is 25.5 Å². The van der Waals surface area contributed by atoms with Gasteiger partial charge in [-0.15, -0.1) is 0 Å². The molecule has 0 aliphatic carbocycles. The Morgan fingerprint density at radius 3 is 2.30 bits per heavy atom. The zero-order valence-corrected chi connectivity index (χ0v) is 11.5. The van der Waals surface area contributed by atoms with Crippen LogP contribution in [0.2, 0.25) is 0 Å². The number of nitrogens with two attached hydrogens (primary N) is 1. The third-order valence-electron chi connectivity index (χ3n) is 3.34. The van der Waals surface area contributed by atoms with Gasteiger partial charge in [-0.05, 0) is 43.2 Å². The summed E-state index contributed by atoms with van der Waals surface area (Å²) in [7, 11) is 0. The fourth-order valence-corrected chi connectivity index (χ4v) is 2.01. The number of benzene rings is 2. The molecule has 0 aromatic heterocycles. The van der Waals surface area contributed by atoms with E-state index in [0.29, 0.717) is 5.75 Å². The number of hydrogen-bond acceptors (Lipinski definition) is 2. The van der Waals surface area contributed by atoms with E-state index >= 15 is 0 Å². The summed E-state index contributed by atoms with van der Waals surface area (Å²) in [6.07, 6.45) is 0. The first-order valence-corrected chi connectivity index (χ1v) is 6.39. The molecule has 0 saturated heterocycles. The SMILES string of the molecule is Cc1cccc(OCC(N)c2c(F)cccc2F)c1C. The van der Waals surface area contributed by atoms with Crippen LogP contribution >= 0.6 is 0 Å². The first-order valence-electron chi connectivity index (χ1n) is 6.39. The normalized spacial score (nSPS) is 12.2. The molecule has 1 atom stereocenters. The average Bonchev–Trinajstić information content (AvgIpc) is 2.40. The van der Waals surface area contributed by atoms with Crippen LogP contribution in [0.25, 0.3) is 0 Å². The van der Waals surface area contributed by atoms with E-state index in [1.165, 1.54) is 18.2 Å². The zero-order chi connectivity index (χ0) is 14.7. The molecule has 0 heterocycles. The van der Waals surface area contributed by atoms with Gasteiger partial charge in [-0.3, -0.25) is 0 Å². The molecule has 2 aromatic rings. The topological polar surface area (TPSA) is 35.2 Å². The molecule has 1 unspecified atom stereocenters. The van der Waals surface area contributed by atoms with Crippen LogP contribution in [-0.4, -0.2) is 6.61 Å². The van der Waals surface area contributed by atoms with Crippen LogP contribution < -0.4 is 10.5 Å². The Labute approximate surface area is 117 Å². The lowest BCUT2D eigenvalue weighted by atomic mass is 10.1. The maximum atomic E-state index is 13.6. The first kappa shape index (κ1) is 14.5. The van der Waals surface area contributed by atoms with Gasteiger partial charge in [-0.25, -0.2) is 8.78 Å². The highest BCUT2D eigenvalue weighted by Crippen LogP contribution is 2.23. The summed E-state index contributed by atoms with van der Waals surface area (Å²) < 4.78 is 32.8. The fraction of sp³-hybridized carbons (Fsp3) is 0.250. The maximum Gasteiger partial charge on any atom is 0.131 e. The van der Waals surface area contributed by atoms with E-state index in [1.807, 2.05) is 32.0 Å². The van der Waals surface area contributed by atoms with Gasteiger partial charge < -0.3 is 10.5 Å². The van der Waals surface area contributed by atoms with Crippen molar-refractivity contribution in [1.29, 1.82) is 0 Å². The van der Waals surface area contributed by atoms with Crippen molar-refractivity contribution in [3.05, 3.63) is 64.7 Å². The second-order valence-corrected chi connectivity index (χ2v) is 4.75. The van der Waals surface area contributed by atoms with Crippen molar-refractivity contribution in [3.8, 4) is 5.75 Å². The molecule has 0 spiro atoms. The quantitative estimate of drug-likeness (QED) is 0.925. The van der Waals surface area contributed by atoms with E-state index in [9.17, 15) is 8.78 Å². The summed E-state index contributed by atoms with van der Waals surface area (Å²) in [5, 5.41) is 0. The molecule has 2 aromatic carbocycles. The minimum atomic E-state index is -0.851. The van der Waals surface area contributed by atoms with E-state index in [4.69, 9.17) is 10.5 Å². The van der Waals surface area contributed by atoms with Gasteiger partial charge >= 0.3 is 0 Å². The third-order valence-corrected chi connectivity index (χ3v) is 3.34. The molecule has 0 amide bonds. The van der Waals surface area contributed by atoms with Gasteiger partial charge in [0.2, 0.25) is 0 Å². The lowest BCUT2D eigenvalue weighted by molar-refractivity contribution is 0.282. The van der Waals surface area contributed by atoms with E-state index < -0.39 is 17.7 Å². The molecule has 0 fully saturated rings. The van der Waals surface area contributed by atoms with E-state index in [2.05, 4.69) is 0 Å². The largest absolute Gasteiger partial charge is 0.491 e. The van der Waals surface area contributed by atoms with Crippen molar-refractivity contribution in [2.45, 2.75) is 19.9 Å². The molecule has 0 bridgehead atoms. The predicted molar refractivity (Wildman–Crippen MR) is 74.7 cm³/mol. The number of ether oxygens (including phenoxy) is 1. The summed E-state index contributed by atoms with van der Waals surface area (Å²) >= 11 is 0. The van der Waals surface area contributed by atoms with Crippen LogP contribution in [0.4, 0.5) is 8.78 Å². The van der Waals surface area contributed by atoms with Gasteiger partial charge in [0.05, 0.1) is 6.04 Å². The molecule has 0 saturated carbocycles. The number of aryl methyl sites for hydroxylation is 1. The van der Waals surface area contributed by atoms with Crippen molar-refractivity contribution in [1.82, 2.24) is 0 Å². The highest BCUT2D eigenvalue weighted by Gasteiger charge is 2.17.